The third-order valence-corrected chi connectivity index (χ3v) is 6.43. The predicted molar refractivity (Wildman–Crippen MR) is 112 cm³/mol. The first-order valence-corrected chi connectivity index (χ1v) is 10.6. The zero-order valence-corrected chi connectivity index (χ0v) is 17.7. The summed E-state index contributed by atoms with van der Waals surface area (Å²) in [7, 11) is 3.25. The number of H-pyrrole nitrogens is 2. The Hall–Kier alpha value is -2.30. The zero-order valence-electron chi connectivity index (χ0n) is 16.9. The van der Waals surface area contributed by atoms with E-state index in [1.54, 1.807) is 31.5 Å². The minimum absolute atomic E-state index is 0.133. The molecule has 3 aromatic heterocycles. The number of aromatic amines is 2. The van der Waals surface area contributed by atoms with Crippen LogP contribution < -0.4 is 10.3 Å². The largest absolute Gasteiger partial charge is 0.491 e. The number of nitrogens with zero attached hydrogens (tertiary/aromatic N) is 2. The van der Waals surface area contributed by atoms with E-state index in [9.17, 15) is 13.6 Å². The Labute approximate surface area is 176 Å². The van der Waals surface area contributed by atoms with E-state index in [0.29, 0.717) is 30.1 Å². The van der Waals surface area contributed by atoms with Gasteiger partial charge in [0.1, 0.15) is 10.4 Å². The van der Waals surface area contributed by atoms with Crippen molar-refractivity contribution < 1.29 is 18.3 Å². The molecule has 0 unspecified atom stereocenters. The zero-order chi connectivity index (χ0) is 21.3. The Balaban J connectivity index is 0.000000687. The lowest BCUT2D eigenvalue weighted by molar-refractivity contribution is 0.0114. The summed E-state index contributed by atoms with van der Waals surface area (Å²) in [6.07, 6.45) is 4.91. The predicted octanol–water partition coefficient (Wildman–Crippen LogP) is 3.41. The Morgan fingerprint density at radius 2 is 2.20 bits per heavy atom. The lowest BCUT2D eigenvalue weighted by Gasteiger charge is -2.18. The molecule has 0 aliphatic carbocycles. The highest BCUT2D eigenvalue weighted by Gasteiger charge is 2.38. The fourth-order valence-corrected chi connectivity index (χ4v) is 5.12. The number of rotatable bonds is 3. The lowest BCUT2D eigenvalue weighted by atomic mass is 10.0. The molecule has 0 aromatic carbocycles. The van der Waals surface area contributed by atoms with Gasteiger partial charge in [-0.3, -0.25) is 14.8 Å². The van der Waals surface area contributed by atoms with Crippen molar-refractivity contribution in [1.82, 2.24) is 20.1 Å². The van der Waals surface area contributed by atoms with Gasteiger partial charge >= 0.3 is 0 Å². The summed E-state index contributed by atoms with van der Waals surface area (Å²) in [5.74, 6) is -1.94. The number of hydrogen-bond donors (Lipinski definition) is 2. The van der Waals surface area contributed by atoms with Crippen LogP contribution in [0.3, 0.4) is 0 Å². The number of thiophene rings is 1. The molecular formula is C20H24F2N4O3S. The minimum atomic E-state index is -2.65. The Kier molecular flexibility index (Phi) is 5.90. The molecule has 0 radical (unpaired) electrons. The second-order valence-electron chi connectivity index (χ2n) is 7.54. The van der Waals surface area contributed by atoms with E-state index in [-0.39, 0.29) is 18.5 Å². The summed E-state index contributed by atoms with van der Waals surface area (Å²) in [6, 6.07) is 0. The van der Waals surface area contributed by atoms with E-state index in [1.807, 2.05) is 0 Å². The lowest BCUT2D eigenvalue weighted by Crippen LogP contribution is -2.27. The van der Waals surface area contributed by atoms with Crippen LogP contribution in [-0.2, 0) is 17.7 Å². The number of aryl methyl sites for hydroxylation is 1. The normalized spacial score (nSPS) is 18.0. The molecule has 2 N–H and O–H groups in total. The van der Waals surface area contributed by atoms with Gasteiger partial charge < -0.3 is 14.5 Å². The van der Waals surface area contributed by atoms with Crippen LogP contribution in [-0.4, -0.2) is 59.9 Å². The average molecular weight is 439 g/mol. The molecule has 0 spiro atoms. The van der Waals surface area contributed by atoms with E-state index in [4.69, 9.17) is 4.74 Å². The van der Waals surface area contributed by atoms with Crippen molar-refractivity contribution in [1.29, 1.82) is 0 Å². The van der Waals surface area contributed by atoms with Gasteiger partial charge in [0, 0.05) is 56.6 Å². The second kappa shape index (κ2) is 8.44. The van der Waals surface area contributed by atoms with E-state index in [0.717, 1.165) is 39.9 Å². The van der Waals surface area contributed by atoms with Crippen molar-refractivity contribution in [2.45, 2.75) is 31.7 Å². The first-order valence-electron chi connectivity index (χ1n) is 9.76. The van der Waals surface area contributed by atoms with Crippen LogP contribution in [0.15, 0.2) is 17.2 Å². The third kappa shape index (κ3) is 3.99. The maximum Gasteiger partial charge on any atom is 0.266 e. The quantitative estimate of drug-likeness (QED) is 0.655. The van der Waals surface area contributed by atoms with Crippen LogP contribution in [0.1, 0.15) is 24.1 Å². The molecule has 5 heterocycles. The molecule has 5 rings (SSSR count). The van der Waals surface area contributed by atoms with Crippen LogP contribution in [0.25, 0.3) is 20.5 Å². The molecule has 162 valence electrons. The number of likely N-dealkylation sites (tertiary alicyclic amines) is 1. The van der Waals surface area contributed by atoms with Crippen molar-refractivity contribution in [3.8, 4) is 16.2 Å². The molecule has 10 heteroatoms. The van der Waals surface area contributed by atoms with Crippen LogP contribution >= 0.6 is 11.3 Å². The Morgan fingerprint density at radius 1 is 1.40 bits per heavy atom. The maximum atomic E-state index is 13.6. The molecule has 30 heavy (non-hydrogen) atoms. The van der Waals surface area contributed by atoms with Crippen LogP contribution in [0.4, 0.5) is 8.78 Å². The van der Waals surface area contributed by atoms with E-state index in [1.165, 1.54) is 11.3 Å². The molecule has 1 saturated heterocycles. The van der Waals surface area contributed by atoms with Gasteiger partial charge in [-0.05, 0) is 18.4 Å². The van der Waals surface area contributed by atoms with E-state index in [2.05, 4.69) is 19.9 Å². The average Bonchev–Trinajstić information content (AvgIpc) is 3.37. The molecule has 2 aliphatic heterocycles. The highest BCUT2D eigenvalue weighted by molar-refractivity contribution is 7.22. The van der Waals surface area contributed by atoms with E-state index < -0.39 is 5.92 Å². The van der Waals surface area contributed by atoms with Gasteiger partial charge in [-0.1, -0.05) is 0 Å². The molecule has 2 aliphatic rings. The van der Waals surface area contributed by atoms with Gasteiger partial charge in [-0.25, -0.2) is 8.78 Å². The topological polar surface area (TPSA) is 83.2 Å². The van der Waals surface area contributed by atoms with Gasteiger partial charge in [-0.15, -0.1) is 11.3 Å². The summed E-state index contributed by atoms with van der Waals surface area (Å²) < 4.78 is 38.0. The number of pyridine rings is 1. The Morgan fingerprint density at radius 3 is 2.87 bits per heavy atom. The molecule has 0 bridgehead atoms. The fraction of sp³-hybridized carbons (Fsp3) is 0.500. The molecule has 0 saturated carbocycles. The number of methoxy groups -OCH3 is 1. The van der Waals surface area contributed by atoms with Crippen LogP contribution in [0.5, 0.6) is 5.75 Å². The summed E-state index contributed by atoms with van der Waals surface area (Å²) in [4.78, 5) is 18.3. The van der Waals surface area contributed by atoms with Crippen molar-refractivity contribution in [3.05, 3.63) is 34.0 Å². The molecule has 1 fully saturated rings. The minimum Gasteiger partial charge on any atom is -0.491 e. The van der Waals surface area contributed by atoms with Gasteiger partial charge in [0.2, 0.25) is 0 Å². The third-order valence-electron chi connectivity index (χ3n) is 5.21. The SMILES string of the molecule is COC.O=c1[nH]c(CN2CCC(F)(F)C2)c2c3c(c(-c4cn[nH]c4)sc13)OCCC2. The Bertz CT molecular complexity index is 1080. The molecular weight excluding hydrogens is 414 g/mol. The summed E-state index contributed by atoms with van der Waals surface area (Å²) >= 11 is 1.39. The molecule has 0 atom stereocenters. The smallest absolute Gasteiger partial charge is 0.266 e. The van der Waals surface area contributed by atoms with Gasteiger partial charge in [-0.2, -0.15) is 5.10 Å². The number of nitrogens with one attached hydrogen (secondary N) is 2. The van der Waals surface area contributed by atoms with Crippen molar-refractivity contribution in [2.24, 2.45) is 0 Å². The molecule has 0 amide bonds. The first kappa shape index (κ1) is 21.0. The second-order valence-corrected chi connectivity index (χ2v) is 8.56. The first-order chi connectivity index (χ1) is 14.4. The van der Waals surface area contributed by atoms with Gasteiger partial charge in [0.25, 0.3) is 11.5 Å². The monoisotopic (exact) mass is 438 g/mol. The molecule has 7 nitrogen and oxygen atoms in total. The fourth-order valence-electron chi connectivity index (χ4n) is 3.97. The highest BCUT2D eigenvalue weighted by Crippen LogP contribution is 2.46. The molecule has 3 aromatic rings. The summed E-state index contributed by atoms with van der Waals surface area (Å²) in [6.45, 7) is 0.951. The summed E-state index contributed by atoms with van der Waals surface area (Å²) in [5, 5.41) is 7.62. The number of hydrogen-bond acceptors (Lipinski definition) is 6. The van der Waals surface area contributed by atoms with Crippen molar-refractivity contribution in [2.75, 3.05) is 33.9 Å². The standard InChI is InChI=1S/C18H18F2N4O2S.C2H6O/c19-18(20)3-4-24(9-18)8-12-11-2-1-5-26-14-13(11)16(17(25)23-12)27-15(14)10-6-21-22-7-10;1-3-2/h6-7H,1-5,8-9H2,(H,21,22)(H,23,25);1-2H3. The van der Waals surface area contributed by atoms with Crippen LogP contribution in [0.2, 0.25) is 0 Å². The maximum absolute atomic E-state index is 13.6. The number of halogens is 2. The number of alkyl halides is 2. The number of aromatic nitrogens is 3. The van der Waals surface area contributed by atoms with E-state index >= 15 is 0 Å². The van der Waals surface area contributed by atoms with Gasteiger partial charge in [0.05, 0.1) is 24.2 Å². The highest BCUT2D eigenvalue weighted by atomic mass is 32.1. The summed E-state index contributed by atoms with van der Waals surface area (Å²) in [5.41, 5.74) is 2.42. The van der Waals surface area contributed by atoms with Crippen molar-refractivity contribution >= 4 is 21.4 Å². The van der Waals surface area contributed by atoms with Gasteiger partial charge in [0.15, 0.2) is 0 Å². The number of ether oxygens (including phenoxy) is 2. The van der Waals surface area contributed by atoms with Crippen LogP contribution in [0, 0.1) is 0 Å². The van der Waals surface area contributed by atoms with Crippen molar-refractivity contribution in [3.63, 3.8) is 0 Å².